The van der Waals surface area contributed by atoms with Crippen molar-refractivity contribution in [3.8, 4) is 0 Å². The summed E-state index contributed by atoms with van der Waals surface area (Å²) >= 11 is 0. The highest BCUT2D eigenvalue weighted by atomic mass is 32.2. The third-order valence-electron chi connectivity index (χ3n) is 6.08. The largest absolute Gasteiger partial charge is 0.268 e. The molecule has 0 bridgehead atoms. The topological polar surface area (TPSA) is 54.5 Å². The van der Waals surface area contributed by atoms with E-state index in [9.17, 15) is 13.2 Å². The molecule has 0 saturated heterocycles. The summed E-state index contributed by atoms with van der Waals surface area (Å²) in [6.07, 6.45) is 4.18. The molecule has 4 aromatic carbocycles. The number of hydrogen-bond acceptors (Lipinski definition) is 3. The molecule has 1 atom stereocenters. The van der Waals surface area contributed by atoms with Crippen molar-refractivity contribution in [3.63, 3.8) is 0 Å². The summed E-state index contributed by atoms with van der Waals surface area (Å²) < 4.78 is 28.3. The Morgan fingerprint density at radius 3 is 2.36 bits per heavy atom. The van der Waals surface area contributed by atoms with E-state index in [0.29, 0.717) is 12.0 Å². The fourth-order valence-electron chi connectivity index (χ4n) is 4.35. The van der Waals surface area contributed by atoms with Crippen molar-refractivity contribution in [3.05, 3.63) is 119 Å². The molecule has 0 radical (unpaired) electrons. The first-order chi connectivity index (χ1) is 15.9. The second-order valence-electron chi connectivity index (χ2n) is 8.28. The molecule has 4 nitrogen and oxygen atoms in total. The molecule has 0 fully saturated rings. The van der Waals surface area contributed by atoms with Crippen LogP contribution >= 0.6 is 0 Å². The summed E-state index contributed by atoms with van der Waals surface area (Å²) in [6.45, 7) is 1.90. The van der Waals surface area contributed by atoms with Gasteiger partial charge in [-0.15, -0.1) is 0 Å². The van der Waals surface area contributed by atoms with Crippen LogP contribution in [0.2, 0.25) is 0 Å². The molecule has 5 heteroatoms. The zero-order valence-electron chi connectivity index (χ0n) is 18.2. The van der Waals surface area contributed by atoms with Gasteiger partial charge in [-0.05, 0) is 53.4 Å². The molecule has 5 rings (SSSR count). The molecular weight excluding hydrogens is 430 g/mol. The minimum atomic E-state index is -4.03. The van der Waals surface area contributed by atoms with E-state index in [4.69, 9.17) is 0 Å². The molecule has 0 saturated carbocycles. The van der Waals surface area contributed by atoms with E-state index in [1.807, 2.05) is 73.7 Å². The molecule has 0 N–H and O–H groups in total. The van der Waals surface area contributed by atoms with Gasteiger partial charge in [0.25, 0.3) is 15.9 Å². The van der Waals surface area contributed by atoms with E-state index >= 15 is 0 Å². The lowest BCUT2D eigenvalue weighted by Gasteiger charge is -2.34. The fourth-order valence-corrected chi connectivity index (χ4v) is 5.88. The Kier molecular flexibility index (Phi) is 5.35. The van der Waals surface area contributed by atoms with Crippen molar-refractivity contribution >= 4 is 32.8 Å². The Bertz CT molecular complexity index is 1480. The zero-order valence-corrected chi connectivity index (χ0v) is 19.0. The van der Waals surface area contributed by atoms with Crippen molar-refractivity contribution in [1.82, 2.24) is 4.31 Å². The number of aryl methyl sites for hydroxylation is 1. The van der Waals surface area contributed by atoms with E-state index in [0.717, 1.165) is 31.8 Å². The maximum Gasteiger partial charge on any atom is 0.268 e. The van der Waals surface area contributed by atoms with E-state index in [1.54, 1.807) is 36.4 Å². The molecule has 0 aromatic heterocycles. The number of carbonyl (C=O) groups is 1. The minimum absolute atomic E-state index is 0.115. The Morgan fingerprint density at radius 1 is 0.848 bits per heavy atom. The SMILES string of the molecule is Cc1ccc(S(=O)(=O)N2C(=O)c3ccccc3CC2/C=C/c2cccc3ccccc23)cc1. The minimum Gasteiger partial charge on any atom is -0.268 e. The molecule has 1 aliphatic rings. The average molecular weight is 454 g/mol. The highest BCUT2D eigenvalue weighted by molar-refractivity contribution is 7.89. The molecule has 164 valence electrons. The molecule has 4 aromatic rings. The normalized spacial score (nSPS) is 16.3. The highest BCUT2D eigenvalue weighted by Gasteiger charge is 2.39. The first-order valence-electron chi connectivity index (χ1n) is 10.8. The van der Waals surface area contributed by atoms with Gasteiger partial charge in [0, 0.05) is 5.56 Å². The summed E-state index contributed by atoms with van der Waals surface area (Å²) in [6, 6.07) is 27.3. The van der Waals surface area contributed by atoms with Gasteiger partial charge >= 0.3 is 0 Å². The van der Waals surface area contributed by atoms with Crippen LogP contribution in [0.25, 0.3) is 16.8 Å². The van der Waals surface area contributed by atoms with Crippen molar-refractivity contribution in [2.24, 2.45) is 0 Å². The first kappa shape index (κ1) is 21.2. The van der Waals surface area contributed by atoms with Crippen molar-refractivity contribution in [2.75, 3.05) is 0 Å². The number of hydrogen-bond donors (Lipinski definition) is 0. The Hall–Kier alpha value is -3.70. The number of benzene rings is 4. The van der Waals surface area contributed by atoms with Gasteiger partial charge in [0.1, 0.15) is 0 Å². The van der Waals surface area contributed by atoms with Crippen LogP contribution in [0.1, 0.15) is 27.0 Å². The highest BCUT2D eigenvalue weighted by Crippen LogP contribution is 2.31. The predicted octanol–water partition coefficient (Wildman–Crippen LogP) is 5.62. The molecular formula is C28H23NO3S. The Balaban J connectivity index is 1.61. The second-order valence-corrected chi connectivity index (χ2v) is 10.1. The molecule has 1 heterocycles. The van der Waals surface area contributed by atoms with Gasteiger partial charge in [0.05, 0.1) is 10.9 Å². The summed E-state index contributed by atoms with van der Waals surface area (Å²) in [5.41, 5.74) is 3.22. The van der Waals surface area contributed by atoms with Gasteiger partial charge < -0.3 is 0 Å². The first-order valence-corrected chi connectivity index (χ1v) is 12.3. The van der Waals surface area contributed by atoms with Crippen LogP contribution in [0.4, 0.5) is 0 Å². The van der Waals surface area contributed by atoms with Crippen LogP contribution in [0.15, 0.2) is 102 Å². The molecule has 0 spiro atoms. The smallest absolute Gasteiger partial charge is 0.268 e. The van der Waals surface area contributed by atoms with Crippen LogP contribution in [0.5, 0.6) is 0 Å². The predicted molar refractivity (Wildman–Crippen MR) is 131 cm³/mol. The van der Waals surface area contributed by atoms with Crippen molar-refractivity contribution in [2.45, 2.75) is 24.3 Å². The van der Waals surface area contributed by atoms with Crippen LogP contribution in [0, 0.1) is 6.92 Å². The third-order valence-corrected chi connectivity index (χ3v) is 7.90. The second kappa shape index (κ2) is 8.34. The standard InChI is InChI=1S/C28H23NO3S/c1-20-13-17-25(18-14-20)33(31,32)29-24(19-23-8-3-5-12-27(23)28(29)30)16-15-22-10-6-9-21-7-2-4-11-26(21)22/h2-18,24H,19H2,1H3/b16-15+. The van der Waals surface area contributed by atoms with E-state index in [1.165, 1.54) is 0 Å². The van der Waals surface area contributed by atoms with Crippen molar-refractivity contribution in [1.29, 1.82) is 0 Å². The number of nitrogens with zero attached hydrogens (tertiary/aromatic N) is 1. The van der Waals surface area contributed by atoms with Gasteiger partial charge in [0.2, 0.25) is 0 Å². The molecule has 1 aliphatic heterocycles. The van der Waals surface area contributed by atoms with Crippen LogP contribution in [-0.4, -0.2) is 24.7 Å². The lowest BCUT2D eigenvalue weighted by molar-refractivity contribution is 0.0823. The number of rotatable bonds is 4. The molecule has 1 amide bonds. The van der Waals surface area contributed by atoms with Crippen molar-refractivity contribution < 1.29 is 13.2 Å². The Labute approximate surface area is 193 Å². The molecule has 1 unspecified atom stereocenters. The lowest BCUT2D eigenvalue weighted by Crippen LogP contribution is -2.48. The van der Waals surface area contributed by atoms with Crippen LogP contribution in [0.3, 0.4) is 0 Å². The van der Waals surface area contributed by atoms with Crippen LogP contribution < -0.4 is 0 Å². The summed E-state index contributed by atoms with van der Waals surface area (Å²) in [5, 5.41) is 2.18. The fraction of sp³-hybridized carbons (Fsp3) is 0.107. The van der Waals surface area contributed by atoms with Gasteiger partial charge in [-0.3, -0.25) is 4.79 Å². The van der Waals surface area contributed by atoms with Gasteiger partial charge in [0.15, 0.2) is 0 Å². The van der Waals surface area contributed by atoms with E-state index in [-0.39, 0.29) is 4.90 Å². The number of carbonyl (C=O) groups excluding carboxylic acids is 1. The van der Waals surface area contributed by atoms with Gasteiger partial charge in [-0.2, -0.15) is 0 Å². The Morgan fingerprint density at radius 2 is 1.55 bits per heavy atom. The van der Waals surface area contributed by atoms with Crippen LogP contribution in [-0.2, 0) is 16.4 Å². The number of sulfonamides is 1. The van der Waals surface area contributed by atoms with Gasteiger partial charge in [-0.1, -0.05) is 90.5 Å². The van der Waals surface area contributed by atoms with Gasteiger partial charge in [-0.25, -0.2) is 12.7 Å². The van der Waals surface area contributed by atoms with E-state index in [2.05, 4.69) is 0 Å². The summed E-state index contributed by atoms with van der Waals surface area (Å²) in [7, 11) is -4.03. The maximum atomic E-state index is 13.6. The summed E-state index contributed by atoms with van der Waals surface area (Å²) in [5.74, 6) is -0.495. The lowest BCUT2D eigenvalue weighted by atomic mass is 9.94. The number of fused-ring (bicyclic) bond motifs is 2. The average Bonchev–Trinajstić information content (AvgIpc) is 2.83. The molecule has 0 aliphatic carbocycles. The van der Waals surface area contributed by atoms with E-state index < -0.39 is 22.0 Å². The maximum absolute atomic E-state index is 13.6. The zero-order chi connectivity index (χ0) is 23.0. The monoisotopic (exact) mass is 453 g/mol. The quantitative estimate of drug-likeness (QED) is 0.403. The summed E-state index contributed by atoms with van der Waals surface area (Å²) in [4.78, 5) is 13.6. The number of amides is 1. The molecule has 33 heavy (non-hydrogen) atoms. The third kappa shape index (κ3) is 3.85.